The fourth-order valence-corrected chi connectivity index (χ4v) is 3.12. The van der Waals surface area contributed by atoms with E-state index < -0.39 is 16.0 Å². The molecule has 0 fully saturated rings. The van der Waals surface area contributed by atoms with Gasteiger partial charge in [0.15, 0.2) is 0 Å². The van der Waals surface area contributed by atoms with Crippen molar-refractivity contribution in [1.29, 1.82) is 0 Å². The van der Waals surface area contributed by atoms with Crippen molar-refractivity contribution in [3.05, 3.63) is 24.3 Å². The van der Waals surface area contributed by atoms with Crippen LogP contribution in [0, 0.1) is 0 Å². The molecule has 1 aromatic rings. The van der Waals surface area contributed by atoms with Crippen LogP contribution in [0.25, 0.3) is 0 Å². The van der Waals surface area contributed by atoms with Gasteiger partial charge < -0.3 is 15.6 Å². The molecule has 0 saturated carbocycles. The van der Waals surface area contributed by atoms with Gasteiger partial charge in [0.05, 0.1) is 30.2 Å². The largest absolute Gasteiger partial charge is 0.481 e. The summed E-state index contributed by atoms with van der Waals surface area (Å²) in [4.78, 5) is 10.7. The number of benzene rings is 1. The van der Waals surface area contributed by atoms with E-state index in [4.69, 9.17) is 15.6 Å². The number of hydrogen-bond acceptors (Lipinski definition) is 5. The zero-order chi connectivity index (χ0) is 15.9. The molecule has 0 aliphatic heterocycles. The van der Waals surface area contributed by atoms with E-state index in [1.54, 1.807) is 31.2 Å². The summed E-state index contributed by atoms with van der Waals surface area (Å²) in [5.41, 5.74) is 6.36. The third-order valence-corrected chi connectivity index (χ3v) is 4.49. The van der Waals surface area contributed by atoms with Crippen LogP contribution >= 0.6 is 0 Å². The molecule has 0 heterocycles. The van der Waals surface area contributed by atoms with E-state index in [1.165, 1.54) is 0 Å². The quantitative estimate of drug-likeness (QED) is 0.518. The van der Waals surface area contributed by atoms with Gasteiger partial charge in [-0.15, -0.1) is 0 Å². The van der Waals surface area contributed by atoms with Crippen LogP contribution in [0.5, 0.6) is 0 Å². The molecule has 118 valence electrons. The third kappa shape index (κ3) is 5.24. The van der Waals surface area contributed by atoms with Gasteiger partial charge in [-0.05, 0) is 19.1 Å². The Kier molecular flexibility index (Phi) is 6.44. The van der Waals surface area contributed by atoms with Crippen LogP contribution in [0.2, 0.25) is 0 Å². The molecule has 1 rings (SSSR count). The summed E-state index contributed by atoms with van der Waals surface area (Å²) in [5, 5.41) is 8.78. The molecule has 3 N–H and O–H groups in total. The van der Waals surface area contributed by atoms with Crippen LogP contribution in [0.1, 0.15) is 13.3 Å². The fourth-order valence-electron chi connectivity index (χ4n) is 1.74. The standard InChI is InChI=1S/C13H20N2O5S/c1-2-20-9-10-21(18,19)15(8-7-13(16)17)12-6-4-3-5-11(12)14/h3-6H,2,7-10,14H2,1H3,(H,16,17). The first-order chi connectivity index (χ1) is 9.88. The van der Waals surface area contributed by atoms with Crippen molar-refractivity contribution in [2.45, 2.75) is 13.3 Å². The maximum absolute atomic E-state index is 12.4. The molecule has 21 heavy (non-hydrogen) atoms. The highest BCUT2D eigenvalue weighted by Crippen LogP contribution is 2.25. The number of para-hydroxylation sites is 2. The summed E-state index contributed by atoms with van der Waals surface area (Å²) in [5.74, 6) is -1.30. The molecule has 7 nitrogen and oxygen atoms in total. The second kappa shape index (κ2) is 7.84. The third-order valence-electron chi connectivity index (χ3n) is 2.76. The van der Waals surface area contributed by atoms with Gasteiger partial charge >= 0.3 is 5.97 Å². The normalized spacial score (nSPS) is 11.3. The molecule has 0 aromatic heterocycles. The number of rotatable bonds is 9. The van der Waals surface area contributed by atoms with Crippen LogP contribution in [-0.4, -0.2) is 45.0 Å². The fraction of sp³-hybridized carbons (Fsp3) is 0.462. The number of carbonyl (C=O) groups is 1. The minimum absolute atomic E-state index is 0.0507. The summed E-state index contributed by atoms with van der Waals surface area (Å²) >= 11 is 0. The molecule has 0 bridgehead atoms. The lowest BCUT2D eigenvalue weighted by atomic mass is 10.2. The van der Waals surface area contributed by atoms with Gasteiger partial charge in [-0.2, -0.15) is 0 Å². The van der Waals surface area contributed by atoms with E-state index in [2.05, 4.69) is 0 Å². The first kappa shape index (κ1) is 17.3. The molecule has 0 saturated heterocycles. The summed E-state index contributed by atoms with van der Waals surface area (Å²) in [6.45, 7) is 2.06. The number of anilines is 2. The molecule has 8 heteroatoms. The minimum atomic E-state index is -3.70. The summed E-state index contributed by atoms with van der Waals surface area (Å²) < 4.78 is 30.8. The van der Waals surface area contributed by atoms with Crippen molar-refractivity contribution in [3.8, 4) is 0 Å². The zero-order valence-corrected chi connectivity index (χ0v) is 12.7. The molecule has 0 atom stereocenters. The van der Waals surface area contributed by atoms with Crippen LogP contribution in [0.15, 0.2) is 24.3 Å². The average molecular weight is 316 g/mol. The maximum Gasteiger partial charge on any atom is 0.305 e. The monoisotopic (exact) mass is 316 g/mol. The van der Waals surface area contributed by atoms with Crippen molar-refractivity contribution in [3.63, 3.8) is 0 Å². The topological polar surface area (TPSA) is 110 Å². The van der Waals surface area contributed by atoms with Gasteiger partial charge in [0.25, 0.3) is 0 Å². The Hall–Kier alpha value is -1.80. The van der Waals surface area contributed by atoms with Gasteiger partial charge in [0.2, 0.25) is 10.0 Å². The predicted octanol–water partition coefficient (Wildman–Crippen LogP) is 0.916. The zero-order valence-electron chi connectivity index (χ0n) is 11.9. The van der Waals surface area contributed by atoms with Gasteiger partial charge in [0.1, 0.15) is 0 Å². The second-order valence-corrected chi connectivity index (χ2v) is 6.30. The highest BCUT2D eigenvalue weighted by atomic mass is 32.2. The number of sulfonamides is 1. The van der Waals surface area contributed by atoms with Crippen molar-refractivity contribution in [2.75, 3.05) is 35.6 Å². The summed E-state index contributed by atoms with van der Waals surface area (Å²) in [6.07, 6.45) is -0.303. The Balaban J connectivity index is 3.02. The molecule has 0 aliphatic rings. The number of nitrogens with two attached hydrogens (primary N) is 1. The highest BCUT2D eigenvalue weighted by Gasteiger charge is 2.24. The van der Waals surface area contributed by atoms with E-state index in [0.717, 1.165) is 4.31 Å². The van der Waals surface area contributed by atoms with Crippen molar-refractivity contribution < 1.29 is 23.1 Å². The van der Waals surface area contributed by atoms with Crippen LogP contribution in [0.3, 0.4) is 0 Å². The first-order valence-electron chi connectivity index (χ1n) is 6.53. The molecular weight excluding hydrogens is 296 g/mol. The number of carboxylic acids is 1. The van der Waals surface area contributed by atoms with Gasteiger partial charge in [-0.3, -0.25) is 9.10 Å². The molecule has 0 spiro atoms. The van der Waals surface area contributed by atoms with E-state index in [1.807, 2.05) is 0 Å². The Labute approximate surface area is 124 Å². The van der Waals surface area contributed by atoms with E-state index in [0.29, 0.717) is 6.61 Å². The van der Waals surface area contributed by atoms with Gasteiger partial charge in [-0.1, -0.05) is 12.1 Å². The average Bonchev–Trinajstić information content (AvgIpc) is 2.40. The number of nitrogens with zero attached hydrogens (tertiary/aromatic N) is 1. The second-order valence-electron chi connectivity index (χ2n) is 4.29. The number of hydrogen-bond donors (Lipinski definition) is 2. The Bertz CT molecular complexity index is 574. The predicted molar refractivity (Wildman–Crippen MR) is 80.7 cm³/mol. The maximum atomic E-state index is 12.4. The van der Waals surface area contributed by atoms with Gasteiger partial charge in [0, 0.05) is 13.2 Å². The summed E-state index contributed by atoms with van der Waals surface area (Å²) in [6, 6.07) is 6.45. The SMILES string of the molecule is CCOCCS(=O)(=O)N(CCC(=O)O)c1ccccc1N. The number of carboxylic acid groups (broad SMARTS) is 1. The lowest BCUT2D eigenvalue weighted by molar-refractivity contribution is -0.136. The molecule has 0 unspecified atom stereocenters. The Morgan fingerprint density at radius 2 is 2.05 bits per heavy atom. The Morgan fingerprint density at radius 1 is 1.38 bits per heavy atom. The van der Waals surface area contributed by atoms with E-state index >= 15 is 0 Å². The molecule has 0 radical (unpaired) electrons. The van der Waals surface area contributed by atoms with Crippen molar-refractivity contribution in [2.24, 2.45) is 0 Å². The van der Waals surface area contributed by atoms with E-state index in [9.17, 15) is 13.2 Å². The van der Waals surface area contributed by atoms with Crippen molar-refractivity contribution in [1.82, 2.24) is 0 Å². The van der Waals surface area contributed by atoms with E-state index in [-0.39, 0.29) is 36.7 Å². The highest BCUT2D eigenvalue weighted by molar-refractivity contribution is 7.92. The number of nitrogen functional groups attached to an aromatic ring is 1. The Morgan fingerprint density at radius 3 is 2.62 bits per heavy atom. The molecule has 0 aliphatic carbocycles. The lowest BCUT2D eigenvalue weighted by Gasteiger charge is -2.25. The summed E-state index contributed by atoms with van der Waals surface area (Å²) in [7, 11) is -3.70. The minimum Gasteiger partial charge on any atom is -0.481 e. The van der Waals surface area contributed by atoms with Crippen molar-refractivity contribution >= 4 is 27.4 Å². The van der Waals surface area contributed by atoms with Crippen LogP contribution < -0.4 is 10.0 Å². The smallest absolute Gasteiger partial charge is 0.305 e. The molecule has 0 amide bonds. The number of aliphatic carboxylic acids is 1. The van der Waals surface area contributed by atoms with Crippen LogP contribution in [0.4, 0.5) is 11.4 Å². The first-order valence-corrected chi connectivity index (χ1v) is 8.14. The van der Waals surface area contributed by atoms with Crippen LogP contribution in [-0.2, 0) is 19.6 Å². The number of ether oxygens (including phenoxy) is 1. The molecule has 1 aromatic carbocycles. The van der Waals surface area contributed by atoms with Gasteiger partial charge in [-0.25, -0.2) is 8.42 Å². The lowest BCUT2D eigenvalue weighted by Crippen LogP contribution is -2.36. The molecular formula is C13H20N2O5S.